The highest BCUT2D eigenvalue weighted by Crippen LogP contribution is 2.66. The lowest BCUT2D eigenvalue weighted by molar-refractivity contribution is -0.149. The first kappa shape index (κ1) is 21.3. The molecule has 0 N–H and O–H groups in total. The molecule has 0 amide bonds. The quantitative estimate of drug-likeness (QED) is 0.500. The van der Waals surface area contributed by atoms with Crippen LogP contribution in [0.15, 0.2) is 11.6 Å². The molecule has 4 rings (SSSR count). The first-order chi connectivity index (χ1) is 13.6. The molecule has 5 heteroatoms. The fraction of sp³-hybridized carbons (Fsp3) is 0.833. The van der Waals surface area contributed by atoms with E-state index < -0.39 is 10.8 Å². The van der Waals surface area contributed by atoms with E-state index >= 15 is 0 Å². The summed E-state index contributed by atoms with van der Waals surface area (Å²) in [5, 5.41) is 0.0131. The van der Waals surface area contributed by atoms with Gasteiger partial charge in [0.25, 0.3) is 0 Å². The second-order valence-electron chi connectivity index (χ2n) is 10.6. The molecule has 0 saturated heterocycles. The van der Waals surface area contributed by atoms with Crippen molar-refractivity contribution in [1.82, 2.24) is 0 Å². The van der Waals surface area contributed by atoms with Crippen LogP contribution in [0, 0.1) is 34.5 Å². The second kappa shape index (κ2) is 7.32. The van der Waals surface area contributed by atoms with Gasteiger partial charge in [-0.1, -0.05) is 25.5 Å². The van der Waals surface area contributed by atoms with Crippen LogP contribution in [-0.2, 0) is 25.1 Å². The SMILES string of the molecule is CC(=O)O[C@H]1CC[C@@]2(C)C(=CC[C@H]3[C@@H]4C[C@@H](S(C)=O)[C@H](C(C)=O)[C@@]4(C)CC[C@@H]32)C1. The molecule has 0 aromatic heterocycles. The van der Waals surface area contributed by atoms with Gasteiger partial charge in [-0.15, -0.1) is 0 Å². The Bertz CT molecular complexity index is 773. The third-order valence-corrected chi connectivity index (χ3v) is 10.6. The van der Waals surface area contributed by atoms with Crippen molar-refractivity contribution in [2.45, 2.75) is 84.0 Å². The number of hydrogen-bond acceptors (Lipinski definition) is 4. The molecule has 0 heterocycles. The fourth-order valence-electron chi connectivity index (χ4n) is 8.01. The highest BCUT2D eigenvalue weighted by molar-refractivity contribution is 7.85. The van der Waals surface area contributed by atoms with E-state index in [0.717, 1.165) is 44.9 Å². The third-order valence-electron chi connectivity index (χ3n) is 9.26. The molecule has 1 unspecified atom stereocenters. The highest BCUT2D eigenvalue weighted by Gasteiger charge is 2.62. The highest BCUT2D eigenvalue weighted by atomic mass is 32.2. The zero-order valence-corrected chi connectivity index (χ0v) is 19.3. The Morgan fingerprint density at radius 3 is 2.48 bits per heavy atom. The number of ketones is 1. The van der Waals surface area contributed by atoms with Gasteiger partial charge in [-0.25, -0.2) is 0 Å². The van der Waals surface area contributed by atoms with Gasteiger partial charge in [0.05, 0.1) is 0 Å². The van der Waals surface area contributed by atoms with Gasteiger partial charge in [-0.05, 0) is 74.0 Å². The van der Waals surface area contributed by atoms with Crippen LogP contribution in [0.5, 0.6) is 0 Å². The zero-order chi connectivity index (χ0) is 21.1. The first-order valence-corrected chi connectivity index (χ1v) is 12.9. The number of carbonyl (C=O) groups excluding carboxylic acids is 2. The Kier molecular flexibility index (Phi) is 5.37. The largest absolute Gasteiger partial charge is 0.462 e. The van der Waals surface area contributed by atoms with Crippen LogP contribution in [0.2, 0.25) is 0 Å². The summed E-state index contributed by atoms with van der Waals surface area (Å²) < 4.78 is 18.1. The van der Waals surface area contributed by atoms with E-state index in [0.29, 0.717) is 17.8 Å². The number of rotatable bonds is 3. The van der Waals surface area contributed by atoms with E-state index in [9.17, 15) is 13.8 Å². The van der Waals surface area contributed by atoms with E-state index in [4.69, 9.17) is 4.74 Å². The molecule has 0 aromatic carbocycles. The van der Waals surface area contributed by atoms with Crippen molar-refractivity contribution in [3.8, 4) is 0 Å². The minimum absolute atomic E-state index is 0.0131. The van der Waals surface area contributed by atoms with Gasteiger partial charge in [-0.3, -0.25) is 13.8 Å². The summed E-state index contributed by atoms with van der Waals surface area (Å²) in [4.78, 5) is 24.0. The van der Waals surface area contributed by atoms with Crippen molar-refractivity contribution < 1.29 is 18.5 Å². The van der Waals surface area contributed by atoms with Gasteiger partial charge in [-0.2, -0.15) is 0 Å². The predicted octanol–water partition coefficient (Wildman–Crippen LogP) is 4.44. The molecule has 0 aliphatic heterocycles. The lowest BCUT2D eigenvalue weighted by Gasteiger charge is -2.58. The minimum atomic E-state index is -0.960. The molecule has 3 saturated carbocycles. The number of allylic oxidation sites excluding steroid dienone is 1. The number of esters is 1. The normalized spacial score (nSPS) is 47.3. The van der Waals surface area contributed by atoms with Crippen LogP contribution < -0.4 is 0 Å². The fourth-order valence-corrected chi connectivity index (χ4v) is 9.37. The summed E-state index contributed by atoms with van der Waals surface area (Å²) in [5.41, 5.74) is 1.65. The summed E-state index contributed by atoms with van der Waals surface area (Å²) in [5.74, 6) is 1.66. The molecule has 4 nitrogen and oxygen atoms in total. The van der Waals surface area contributed by atoms with Crippen molar-refractivity contribution >= 4 is 22.6 Å². The molecule has 0 spiro atoms. The number of Topliss-reactive ketones (excluding diaryl/α,β-unsaturated/α-hetero) is 1. The van der Waals surface area contributed by atoms with Crippen molar-refractivity contribution in [2.24, 2.45) is 34.5 Å². The predicted molar refractivity (Wildman–Crippen MR) is 115 cm³/mol. The maximum atomic E-state index is 12.6. The molecule has 0 aromatic rings. The number of carbonyl (C=O) groups is 2. The van der Waals surface area contributed by atoms with Gasteiger partial charge in [0.1, 0.15) is 11.9 Å². The molecule has 162 valence electrons. The summed E-state index contributed by atoms with van der Waals surface area (Å²) in [6.07, 6.45) is 11.3. The van der Waals surface area contributed by atoms with Gasteiger partial charge in [0.2, 0.25) is 0 Å². The topological polar surface area (TPSA) is 60.4 Å². The number of hydrogen-bond donors (Lipinski definition) is 0. The van der Waals surface area contributed by atoms with Crippen LogP contribution >= 0.6 is 0 Å². The Morgan fingerprint density at radius 2 is 1.86 bits per heavy atom. The van der Waals surface area contributed by atoms with E-state index in [2.05, 4.69) is 19.9 Å². The van der Waals surface area contributed by atoms with Crippen molar-refractivity contribution in [2.75, 3.05) is 6.26 Å². The van der Waals surface area contributed by atoms with Gasteiger partial charge in [0, 0.05) is 41.6 Å². The molecular weight excluding hydrogens is 384 g/mol. The van der Waals surface area contributed by atoms with E-state index in [1.807, 2.05) is 0 Å². The molecule has 3 fully saturated rings. The van der Waals surface area contributed by atoms with Crippen molar-refractivity contribution in [3.05, 3.63) is 11.6 Å². The van der Waals surface area contributed by atoms with Gasteiger partial charge < -0.3 is 4.74 Å². The average molecular weight is 421 g/mol. The van der Waals surface area contributed by atoms with Crippen molar-refractivity contribution in [3.63, 3.8) is 0 Å². The van der Waals surface area contributed by atoms with Crippen molar-refractivity contribution in [1.29, 1.82) is 0 Å². The minimum Gasteiger partial charge on any atom is -0.462 e. The maximum Gasteiger partial charge on any atom is 0.302 e. The van der Waals surface area contributed by atoms with Crippen LogP contribution in [0.1, 0.15) is 72.6 Å². The molecule has 4 aliphatic rings. The van der Waals surface area contributed by atoms with E-state index in [1.54, 1.807) is 13.2 Å². The van der Waals surface area contributed by atoms with Crippen LogP contribution in [0.4, 0.5) is 0 Å². The molecule has 9 atom stereocenters. The van der Waals surface area contributed by atoms with E-state index in [1.165, 1.54) is 12.5 Å². The van der Waals surface area contributed by atoms with Gasteiger partial charge >= 0.3 is 5.97 Å². The molecule has 4 aliphatic carbocycles. The Hall–Kier alpha value is -0.970. The Morgan fingerprint density at radius 1 is 1.14 bits per heavy atom. The lowest BCUT2D eigenvalue weighted by atomic mass is 9.47. The lowest BCUT2D eigenvalue weighted by Crippen LogP contribution is -2.51. The summed E-state index contributed by atoms with van der Waals surface area (Å²) in [6, 6.07) is 0. The van der Waals surface area contributed by atoms with Crippen LogP contribution in [0.25, 0.3) is 0 Å². The number of fused-ring (bicyclic) bond motifs is 5. The summed E-state index contributed by atoms with van der Waals surface area (Å²) in [7, 11) is -0.960. The van der Waals surface area contributed by atoms with Crippen LogP contribution in [-0.4, -0.2) is 33.6 Å². The second-order valence-corrected chi connectivity index (χ2v) is 12.2. The Labute approximate surface area is 177 Å². The monoisotopic (exact) mass is 420 g/mol. The summed E-state index contributed by atoms with van der Waals surface area (Å²) in [6.45, 7) is 7.95. The van der Waals surface area contributed by atoms with Gasteiger partial charge in [0.15, 0.2) is 0 Å². The number of ether oxygens (including phenoxy) is 1. The maximum absolute atomic E-state index is 12.6. The first-order valence-electron chi connectivity index (χ1n) is 11.3. The van der Waals surface area contributed by atoms with E-state index in [-0.39, 0.29) is 39.9 Å². The smallest absolute Gasteiger partial charge is 0.302 e. The average Bonchev–Trinajstić information content (AvgIpc) is 2.95. The Balaban J connectivity index is 1.63. The molecule has 29 heavy (non-hydrogen) atoms. The standard InChI is InChI=1S/C24H36O4S/c1-14(25)22-21(29(5)27)13-20-18-7-6-16-12-17(28-15(2)26)8-10-23(16,3)19(18)9-11-24(20,22)4/h6,17-22H,7-13H2,1-5H3/t17-,18+,19-,20-,21+,22-,23-,24-,29?/m0/s1. The molecule has 0 radical (unpaired) electrons. The summed E-state index contributed by atoms with van der Waals surface area (Å²) >= 11 is 0. The van der Waals surface area contributed by atoms with Crippen LogP contribution in [0.3, 0.4) is 0 Å². The third kappa shape index (κ3) is 3.26. The zero-order valence-electron chi connectivity index (χ0n) is 18.5. The molecular formula is C24H36O4S. The molecule has 0 bridgehead atoms.